The van der Waals surface area contributed by atoms with Crippen LogP contribution in [-0.4, -0.2) is 17.6 Å². The molecule has 0 saturated carbocycles. The third-order valence-corrected chi connectivity index (χ3v) is 4.22. The first-order valence-corrected chi connectivity index (χ1v) is 8.85. The summed E-state index contributed by atoms with van der Waals surface area (Å²) in [6, 6.07) is 22.6. The number of nitrogens with one attached hydrogen (secondary N) is 2. The highest BCUT2D eigenvalue weighted by Crippen LogP contribution is 2.19. The fraction of sp³-hybridized carbons (Fsp3) is 0.143. The number of urea groups is 1. The number of nitrogens with zero attached hydrogens (tertiary/aromatic N) is 1. The van der Waals surface area contributed by atoms with Crippen LogP contribution in [0.1, 0.15) is 22.9 Å². The minimum atomic E-state index is -0.302. The van der Waals surface area contributed by atoms with Crippen molar-refractivity contribution in [3.05, 3.63) is 101 Å². The Morgan fingerprint density at radius 2 is 1.81 bits per heavy atom. The van der Waals surface area contributed by atoms with Gasteiger partial charge in [0.2, 0.25) is 0 Å². The van der Waals surface area contributed by atoms with Crippen molar-refractivity contribution in [3.63, 3.8) is 0 Å². The number of benzene rings is 2. The van der Waals surface area contributed by atoms with Crippen molar-refractivity contribution >= 4 is 17.6 Å². The summed E-state index contributed by atoms with van der Waals surface area (Å²) in [5.74, 6) is 0. The zero-order valence-corrected chi connectivity index (χ0v) is 15.0. The molecule has 0 aliphatic carbocycles. The highest BCUT2D eigenvalue weighted by atomic mass is 35.5. The molecule has 0 aliphatic rings. The van der Waals surface area contributed by atoms with Crippen molar-refractivity contribution in [2.75, 3.05) is 6.54 Å². The minimum absolute atomic E-state index is 0.230. The monoisotopic (exact) mass is 365 g/mol. The van der Waals surface area contributed by atoms with E-state index in [4.69, 9.17) is 11.6 Å². The van der Waals surface area contributed by atoms with Crippen LogP contribution in [0.2, 0.25) is 5.02 Å². The molecule has 132 valence electrons. The normalized spacial score (nSPS) is 11.6. The second kappa shape index (κ2) is 9.02. The number of aromatic nitrogens is 1. The maximum absolute atomic E-state index is 12.4. The van der Waals surface area contributed by atoms with Gasteiger partial charge < -0.3 is 10.6 Å². The number of halogens is 1. The van der Waals surface area contributed by atoms with Crippen LogP contribution >= 0.6 is 11.6 Å². The van der Waals surface area contributed by atoms with Crippen LogP contribution in [-0.2, 0) is 6.42 Å². The largest absolute Gasteiger partial charge is 0.338 e. The lowest BCUT2D eigenvalue weighted by molar-refractivity contribution is 0.238. The first-order chi connectivity index (χ1) is 12.7. The van der Waals surface area contributed by atoms with E-state index < -0.39 is 0 Å². The molecule has 1 aromatic heterocycles. The summed E-state index contributed by atoms with van der Waals surface area (Å²) in [4.78, 5) is 16.8. The van der Waals surface area contributed by atoms with E-state index in [-0.39, 0.29) is 12.1 Å². The maximum Gasteiger partial charge on any atom is 0.315 e. The van der Waals surface area contributed by atoms with Crippen molar-refractivity contribution in [1.82, 2.24) is 15.6 Å². The number of rotatable bonds is 6. The molecule has 3 aromatic rings. The average molecular weight is 366 g/mol. The molecule has 0 spiro atoms. The Labute approximate surface area is 158 Å². The lowest BCUT2D eigenvalue weighted by atomic mass is 10.0. The smallest absolute Gasteiger partial charge is 0.315 e. The number of amides is 2. The topological polar surface area (TPSA) is 54.0 Å². The van der Waals surface area contributed by atoms with Crippen molar-refractivity contribution in [3.8, 4) is 0 Å². The summed E-state index contributed by atoms with van der Waals surface area (Å²) >= 11 is 5.98. The zero-order chi connectivity index (χ0) is 18.2. The molecule has 1 heterocycles. The molecule has 0 saturated heterocycles. The Bertz CT molecular complexity index is 801. The molecule has 0 radical (unpaired) electrons. The van der Waals surface area contributed by atoms with Crippen molar-refractivity contribution in [2.24, 2.45) is 0 Å². The Balaban J connectivity index is 1.62. The average Bonchev–Trinajstić information content (AvgIpc) is 2.67. The van der Waals surface area contributed by atoms with E-state index in [1.54, 1.807) is 6.20 Å². The van der Waals surface area contributed by atoms with E-state index in [0.717, 1.165) is 16.8 Å². The molecule has 3 rings (SSSR count). The van der Waals surface area contributed by atoms with Crippen LogP contribution in [0.5, 0.6) is 0 Å². The standard InChI is InChI=1S/C21H20ClN3O/c22-18-10-6-7-16(15-18)12-14-24-21(26)25-20(17-8-2-1-3-9-17)19-11-4-5-13-23-19/h1-11,13,15,20H,12,14H2,(H2,24,25,26)/t20-/m0/s1. The predicted octanol–water partition coefficient (Wildman–Crippen LogP) is 4.37. The molecule has 0 fully saturated rings. The summed E-state index contributed by atoms with van der Waals surface area (Å²) in [6.45, 7) is 0.524. The SMILES string of the molecule is O=C(NCCc1cccc(Cl)c1)N[C@@H](c1ccccc1)c1ccccn1. The van der Waals surface area contributed by atoms with Crippen LogP contribution in [0.4, 0.5) is 4.79 Å². The molecule has 0 aliphatic heterocycles. The van der Waals surface area contributed by atoms with Crippen LogP contribution in [0.25, 0.3) is 0 Å². The van der Waals surface area contributed by atoms with Crippen molar-refractivity contribution in [1.29, 1.82) is 0 Å². The molecule has 26 heavy (non-hydrogen) atoms. The van der Waals surface area contributed by atoms with Gasteiger partial charge in [0, 0.05) is 17.8 Å². The number of carbonyl (C=O) groups is 1. The number of hydrogen-bond acceptors (Lipinski definition) is 2. The Hall–Kier alpha value is -2.85. The summed E-state index contributed by atoms with van der Waals surface area (Å²) in [5, 5.41) is 6.61. The van der Waals surface area contributed by atoms with Crippen LogP contribution in [0, 0.1) is 0 Å². The first kappa shape index (κ1) is 18.0. The summed E-state index contributed by atoms with van der Waals surface area (Å²) in [7, 11) is 0. The minimum Gasteiger partial charge on any atom is -0.338 e. The Kier molecular flexibility index (Phi) is 6.23. The molecular weight excluding hydrogens is 346 g/mol. The van der Waals surface area contributed by atoms with E-state index in [0.29, 0.717) is 18.0 Å². The van der Waals surface area contributed by atoms with Gasteiger partial charge in [-0.1, -0.05) is 60.1 Å². The highest BCUT2D eigenvalue weighted by Gasteiger charge is 2.17. The molecule has 1 atom stereocenters. The number of pyridine rings is 1. The van der Waals surface area contributed by atoms with Gasteiger partial charge in [0.05, 0.1) is 11.7 Å². The van der Waals surface area contributed by atoms with Gasteiger partial charge in [-0.2, -0.15) is 0 Å². The van der Waals surface area contributed by atoms with Gasteiger partial charge in [-0.3, -0.25) is 4.98 Å². The van der Waals surface area contributed by atoms with E-state index in [2.05, 4.69) is 15.6 Å². The third kappa shape index (κ3) is 5.07. The van der Waals surface area contributed by atoms with Crippen LogP contribution < -0.4 is 10.6 Å². The summed E-state index contributed by atoms with van der Waals surface area (Å²) in [5.41, 5.74) is 2.86. The van der Waals surface area contributed by atoms with Gasteiger partial charge in [-0.25, -0.2) is 4.79 Å². The van der Waals surface area contributed by atoms with Gasteiger partial charge in [-0.15, -0.1) is 0 Å². The quantitative estimate of drug-likeness (QED) is 0.681. The molecular formula is C21H20ClN3O. The van der Waals surface area contributed by atoms with Gasteiger partial charge in [0.25, 0.3) is 0 Å². The second-order valence-electron chi connectivity index (χ2n) is 5.88. The fourth-order valence-electron chi connectivity index (χ4n) is 2.72. The molecule has 0 bridgehead atoms. The lowest BCUT2D eigenvalue weighted by Gasteiger charge is -2.19. The molecule has 2 N–H and O–H groups in total. The lowest BCUT2D eigenvalue weighted by Crippen LogP contribution is -2.39. The van der Waals surface area contributed by atoms with E-state index in [1.165, 1.54) is 0 Å². The highest BCUT2D eigenvalue weighted by molar-refractivity contribution is 6.30. The van der Waals surface area contributed by atoms with E-state index in [1.807, 2.05) is 72.8 Å². The van der Waals surface area contributed by atoms with Gasteiger partial charge in [0.1, 0.15) is 0 Å². The van der Waals surface area contributed by atoms with Crippen molar-refractivity contribution < 1.29 is 4.79 Å². The Morgan fingerprint density at radius 3 is 2.54 bits per heavy atom. The molecule has 4 nitrogen and oxygen atoms in total. The van der Waals surface area contributed by atoms with Gasteiger partial charge >= 0.3 is 6.03 Å². The summed E-state index contributed by atoms with van der Waals surface area (Å²) in [6.07, 6.45) is 2.44. The van der Waals surface area contributed by atoms with Gasteiger partial charge in [-0.05, 0) is 41.8 Å². The number of hydrogen-bond donors (Lipinski definition) is 2. The molecule has 0 unspecified atom stereocenters. The van der Waals surface area contributed by atoms with Gasteiger partial charge in [0.15, 0.2) is 0 Å². The molecule has 2 amide bonds. The molecule has 5 heteroatoms. The maximum atomic E-state index is 12.4. The zero-order valence-electron chi connectivity index (χ0n) is 14.2. The number of carbonyl (C=O) groups excluding carboxylic acids is 1. The van der Waals surface area contributed by atoms with E-state index in [9.17, 15) is 4.79 Å². The Morgan fingerprint density at radius 1 is 1.00 bits per heavy atom. The summed E-state index contributed by atoms with van der Waals surface area (Å²) < 4.78 is 0. The predicted molar refractivity (Wildman–Crippen MR) is 104 cm³/mol. The van der Waals surface area contributed by atoms with E-state index >= 15 is 0 Å². The second-order valence-corrected chi connectivity index (χ2v) is 6.31. The fourth-order valence-corrected chi connectivity index (χ4v) is 2.93. The molecule has 2 aromatic carbocycles. The third-order valence-electron chi connectivity index (χ3n) is 3.98. The van der Waals surface area contributed by atoms with Crippen LogP contribution in [0.3, 0.4) is 0 Å². The van der Waals surface area contributed by atoms with Crippen molar-refractivity contribution in [2.45, 2.75) is 12.5 Å². The first-order valence-electron chi connectivity index (χ1n) is 8.47. The van der Waals surface area contributed by atoms with Crippen LogP contribution in [0.15, 0.2) is 79.0 Å².